The van der Waals surface area contributed by atoms with Crippen LogP contribution in [0, 0.1) is 0 Å². The summed E-state index contributed by atoms with van der Waals surface area (Å²) in [5.74, 6) is 0. The van der Waals surface area contributed by atoms with Crippen LogP contribution in [0.15, 0.2) is 79.1 Å². The van der Waals surface area contributed by atoms with Gasteiger partial charge in [0.1, 0.15) is 0 Å². The maximum Gasteiger partial charge on any atom is 0.301 e. The van der Waals surface area contributed by atoms with Crippen LogP contribution in [0.2, 0.25) is 0 Å². The second kappa shape index (κ2) is 11.2. The molecule has 0 aliphatic rings. The minimum atomic E-state index is -3.69. The number of anilines is 1. The number of nitrogens with zero attached hydrogens (tertiary/aromatic N) is 2. The average Bonchev–Trinajstić information content (AvgIpc) is 2.82. The van der Waals surface area contributed by atoms with Crippen LogP contribution in [0.3, 0.4) is 0 Å². The lowest BCUT2D eigenvalue weighted by Gasteiger charge is -2.25. The summed E-state index contributed by atoms with van der Waals surface area (Å²) in [5.41, 5.74) is 3.29. The fourth-order valence-corrected chi connectivity index (χ4v) is 4.39. The van der Waals surface area contributed by atoms with E-state index in [2.05, 4.69) is 15.0 Å². The number of hydrogen-bond donors (Lipinski definition) is 3. The van der Waals surface area contributed by atoms with Gasteiger partial charge in [0.05, 0.1) is 6.10 Å². The SMILES string of the molecule is CC(c1ccccc1)N(C)S(=O)(=O)Nc1ccc(CCNC[C@H](O)c2cccnc2)cc1. The van der Waals surface area contributed by atoms with E-state index in [1.807, 2.05) is 55.5 Å². The third-order valence-corrected chi connectivity index (χ3v) is 6.97. The molecule has 170 valence electrons. The zero-order valence-electron chi connectivity index (χ0n) is 18.3. The first kappa shape index (κ1) is 23.9. The second-order valence-electron chi connectivity index (χ2n) is 7.66. The van der Waals surface area contributed by atoms with E-state index in [1.165, 1.54) is 4.31 Å². The first-order valence-corrected chi connectivity index (χ1v) is 12.0. The molecule has 1 aromatic heterocycles. The Kier molecular flexibility index (Phi) is 8.35. The summed E-state index contributed by atoms with van der Waals surface area (Å²) in [6, 6.07) is 20.2. The molecule has 0 bridgehead atoms. The summed E-state index contributed by atoms with van der Waals surface area (Å²) in [6.07, 6.45) is 3.49. The molecule has 0 radical (unpaired) electrons. The molecule has 0 amide bonds. The quantitative estimate of drug-likeness (QED) is 0.387. The van der Waals surface area contributed by atoms with Gasteiger partial charge in [-0.2, -0.15) is 12.7 Å². The molecule has 2 atom stereocenters. The number of aliphatic hydroxyl groups excluding tert-OH is 1. The van der Waals surface area contributed by atoms with E-state index < -0.39 is 16.3 Å². The fraction of sp³-hybridized carbons (Fsp3) is 0.292. The van der Waals surface area contributed by atoms with E-state index in [-0.39, 0.29) is 6.04 Å². The molecule has 1 heterocycles. The monoisotopic (exact) mass is 454 g/mol. The largest absolute Gasteiger partial charge is 0.387 e. The maximum atomic E-state index is 12.8. The molecular weight excluding hydrogens is 424 g/mol. The van der Waals surface area contributed by atoms with E-state index in [9.17, 15) is 13.5 Å². The van der Waals surface area contributed by atoms with Crippen LogP contribution in [-0.4, -0.2) is 43.0 Å². The highest BCUT2D eigenvalue weighted by Gasteiger charge is 2.24. The van der Waals surface area contributed by atoms with Crippen molar-refractivity contribution in [2.24, 2.45) is 0 Å². The maximum absolute atomic E-state index is 12.8. The number of pyridine rings is 1. The van der Waals surface area contributed by atoms with Crippen LogP contribution in [0.25, 0.3) is 0 Å². The first-order chi connectivity index (χ1) is 15.4. The second-order valence-corrected chi connectivity index (χ2v) is 9.39. The van der Waals surface area contributed by atoms with E-state index in [0.717, 1.165) is 23.1 Å². The molecule has 1 unspecified atom stereocenters. The third-order valence-electron chi connectivity index (χ3n) is 5.40. The Balaban J connectivity index is 1.48. The zero-order chi connectivity index (χ0) is 23.0. The number of rotatable bonds is 11. The lowest BCUT2D eigenvalue weighted by Crippen LogP contribution is -2.34. The van der Waals surface area contributed by atoms with E-state index in [0.29, 0.717) is 18.8 Å². The normalized spacial score (nSPS) is 13.6. The number of nitrogens with one attached hydrogen (secondary N) is 2. The van der Waals surface area contributed by atoms with Crippen LogP contribution in [0.1, 0.15) is 35.8 Å². The van der Waals surface area contributed by atoms with Crippen molar-refractivity contribution in [3.05, 3.63) is 95.8 Å². The minimum absolute atomic E-state index is 0.291. The van der Waals surface area contributed by atoms with Crippen LogP contribution >= 0.6 is 0 Å². The van der Waals surface area contributed by atoms with Crippen molar-refractivity contribution in [3.63, 3.8) is 0 Å². The summed E-state index contributed by atoms with van der Waals surface area (Å²) in [7, 11) is -2.12. The topological polar surface area (TPSA) is 94.6 Å². The van der Waals surface area contributed by atoms with Crippen LogP contribution in [-0.2, 0) is 16.6 Å². The lowest BCUT2D eigenvalue weighted by atomic mass is 10.1. The molecule has 32 heavy (non-hydrogen) atoms. The Labute approximate surface area is 190 Å². The van der Waals surface area contributed by atoms with Crippen molar-refractivity contribution in [1.29, 1.82) is 0 Å². The van der Waals surface area contributed by atoms with Crippen molar-refractivity contribution >= 4 is 15.9 Å². The molecule has 0 spiro atoms. The molecule has 3 aromatic rings. The summed E-state index contributed by atoms with van der Waals surface area (Å²) in [4.78, 5) is 4.01. The summed E-state index contributed by atoms with van der Waals surface area (Å²) < 4.78 is 29.5. The molecular formula is C24H30N4O3S. The Morgan fingerprint density at radius 1 is 1.00 bits per heavy atom. The van der Waals surface area contributed by atoms with Gasteiger partial charge in [0.2, 0.25) is 0 Å². The van der Waals surface area contributed by atoms with Crippen molar-refractivity contribution in [2.75, 3.05) is 24.9 Å². The van der Waals surface area contributed by atoms with Gasteiger partial charge in [0.15, 0.2) is 0 Å². The predicted octanol–water partition coefficient (Wildman–Crippen LogP) is 3.30. The Morgan fingerprint density at radius 2 is 1.69 bits per heavy atom. The molecule has 3 rings (SSSR count). The summed E-state index contributed by atoms with van der Waals surface area (Å²) in [6.45, 7) is 2.99. The highest BCUT2D eigenvalue weighted by molar-refractivity contribution is 7.90. The Hall–Kier alpha value is -2.78. The Morgan fingerprint density at radius 3 is 2.34 bits per heavy atom. The van der Waals surface area contributed by atoms with Crippen molar-refractivity contribution < 1.29 is 13.5 Å². The molecule has 3 N–H and O–H groups in total. The molecule has 0 fully saturated rings. The molecule has 0 aliphatic heterocycles. The number of hydrogen-bond acceptors (Lipinski definition) is 5. The van der Waals surface area contributed by atoms with Gasteiger partial charge in [-0.15, -0.1) is 0 Å². The molecule has 8 heteroatoms. The predicted molar refractivity (Wildman–Crippen MR) is 127 cm³/mol. The molecule has 0 aliphatic carbocycles. The Bertz CT molecular complexity index is 1060. The van der Waals surface area contributed by atoms with Gasteiger partial charge in [-0.05, 0) is 49.2 Å². The third kappa shape index (κ3) is 6.61. The average molecular weight is 455 g/mol. The van der Waals surface area contributed by atoms with E-state index >= 15 is 0 Å². The van der Waals surface area contributed by atoms with Gasteiger partial charge in [0, 0.05) is 43.3 Å². The molecule has 0 saturated carbocycles. The molecule has 2 aromatic carbocycles. The highest BCUT2D eigenvalue weighted by Crippen LogP contribution is 2.22. The van der Waals surface area contributed by atoms with E-state index in [4.69, 9.17) is 0 Å². The van der Waals surface area contributed by atoms with Crippen LogP contribution < -0.4 is 10.0 Å². The van der Waals surface area contributed by atoms with Crippen molar-refractivity contribution in [1.82, 2.24) is 14.6 Å². The molecule has 0 saturated heterocycles. The van der Waals surface area contributed by atoms with Crippen LogP contribution in [0.5, 0.6) is 0 Å². The van der Waals surface area contributed by atoms with Gasteiger partial charge in [-0.25, -0.2) is 0 Å². The summed E-state index contributed by atoms with van der Waals surface area (Å²) in [5, 5.41) is 13.4. The minimum Gasteiger partial charge on any atom is -0.387 e. The summed E-state index contributed by atoms with van der Waals surface area (Å²) >= 11 is 0. The van der Waals surface area contributed by atoms with Gasteiger partial charge in [-0.3, -0.25) is 9.71 Å². The molecule has 7 nitrogen and oxygen atoms in total. The standard InChI is InChI=1S/C24H30N4O3S/c1-19(21-7-4-3-5-8-21)28(2)32(30,31)27-23-12-10-20(11-13-23)14-16-26-18-24(29)22-9-6-15-25-17-22/h3-13,15,17,19,24,26-27,29H,14,16,18H2,1-2H3/t19?,24-/m0/s1. The van der Waals surface area contributed by atoms with Gasteiger partial charge in [0.25, 0.3) is 0 Å². The van der Waals surface area contributed by atoms with Gasteiger partial charge >= 0.3 is 10.2 Å². The highest BCUT2D eigenvalue weighted by atomic mass is 32.2. The number of aromatic nitrogens is 1. The van der Waals surface area contributed by atoms with Gasteiger partial charge in [-0.1, -0.05) is 48.5 Å². The zero-order valence-corrected chi connectivity index (χ0v) is 19.2. The fourth-order valence-electron chi connectivity index (χ4n) is 3.27. The smallest absolute Gasteiger partial charge is 0.301 e. The van der Waals surface area contributed by atoms with Gasteiger partial charge < -0.3 is 10.4 Å². The lowest BCUT2D eigenvalue weighted by molar-refractivity contribution is 0.174. The number of benzene rings is 2. The first-order valence-electron chi connectivity index (χ1n) is 10.5. The van der Waals surface area contributed by atoms with Crippen molar-refractivity contribution in [3.8, 4) is 0 Å². The van der Waals surface area contributed by atoms with E-state index in [1.54, 1.807) is 37.6 Å². The van der Waals surface area contributed by atoms with Crippen molar-refractivity contribution in [2.45, 2.75) is 25.5 Å². The van der Waals surface area contributed by atoms with Crippen LogP contribution in [0.4, 0.5) is 5.69 Å². The number of aliphatic hydroxyl groups is 1.